The maximum Gasteiger partial charge on any atom is 0.275 e. The summed E-state index contributed by atoms with van der Waals surface area (Å²) in [5.41, 5.74) is 2.59. The Morgan fingerprint density at radius 1 is 1.12 bits per heavy atom. The van der Waals surface area contributed by atoms with Gasteiger partial charge in [0.1, 0.15) is 11.5 Å². The number of nitrogens with zero attached hydrogens (tertiary/aromatic N) is 1. The van der Waals surface area contributed by atoms with Gasteiger partial charge in [-0.2, -0.15) is 0 Å². The van der Waals surface area contributed by atoms with Crippen molar-refractivity contribution in [3.05, 3.63) is 69.8 Å². The summed E-state index contributed by atoms with van der Waals surface area (Å²) in [5, 5.41) is 15.1. The van der Waals surface area contributed by atoms with Gasteiger partial charge in [0.2, 0.25) is 0 Å². The van der Waals surface area contributed by atoms with Crippen molar-refractivity contribution in [1.82, 2.24) is 0 Å². The third kappa shape index (κ3) is 2.41. The first kappa shape index (κ1) is 16.4. The smallest absolute Gasteiger partial charge is 0.275 e. The van der Waals surface area contributed by atoms with Gasteiger partial charge in [-0.25, -0.2) is 0 Å². The molecule has 6 heteroatoms. The molecule has 1 aliphatic heterocycles. The van der Waals surface area contributed by atoms with E-state index in [0.717, 1.165) is 17.7 Å². The lowest BCUT2D eigenvalue weighted by Gasteiger charge is -2.38. The quantitative estimate of drug-likeness (QED) is 0.500. The van der Waals surface area contributed by atoms with Crippen LogP contribution in [0.3, 0.4) is 0 Å². The number of hydrogen-bond donors (Lipinski definition) is 1. The summed E-state index contributed by atoms with van der Waals surface area (Å²) >= 11 is 0. The Kier molecular flexibility index (Phi) is 4.03. The Hall–Kier alpha value is -3.02. The number of nitro groups is 1. The van der Waals surface area contributed by atoms with Gasteiger partial charge >= 0.3 is 0 Å². The second kappa shape index (κ2) is 6.37. The number of hydrogen-bond acceptors (Lipinski definition) is 5. The minimum absolute atomic E-state index is 0.0189. The number of rotatable bonds is 4. The highest BCUT2D eigenvalue weighted by atomic mass is 16.6. The topological polar surface area (TPSA) is 73.6 Å². The van der Waals surface area contributed by atoms with Crippen LogP contribution in [-0.2, 0) is 0 Å². The summed E-state index contributed by atoms with van der Waals surface area (Å²) in [4.78, 5) is 11.3. The van der Waals surface area contributed by atoms with Crippen molar-refractivity contribution in [3.63, 3.8) is 0 Å². The Balaban J connectivity index is 1.90. The Morgan fingerprint density at radius 3 is 2.62 bits per heavy atom. The van der Waals surface area contributed by atoms with Crippen LogP contribution in [0, 0.1) is 16.0 Å². The van der Waals surface area contributed by atoms with Crippen LogP contribution in [0.25, 0.3) is 0 Å². The second-order valence-corrected chi connectivity index (χ2v) is 6.55. The molecular formula is C20H20N2O4. The van der Waals surface area contributed by atoms with Gasteiger partial charge in [-0.05, 0) is 24.5 Å². The predicted molar refractivity (Wildman–Crippen MR) is 99.0 cm³/mol. The summed E-state index contributed by atoms with van der Waals surface area (Å²) in [5.74, 6) is 1.58. The number of nitrogens with one attached hydrogen (secondary N) is 1. The summed E-state index contributed by atoms with van der Waals surface area (Å²) in [6.45, 7) is 0. The van der Waals surface area contributed by atoms with E-state index in [1.165, 1.54) is 6.07 Å². The number of benzene rings is 2. The van der Waals surface area contributed by atoms with Gasteiger partial charge in [-0.1, -0.05) is 30.4 Å². The lowest BCUT2D eigenvalue weighted by Crippen LogP contribution is -2.30. The van der Waals surface area contributed by atoms with Gasteiger partial charge in [-0.15, -0.1) is 0 Å². The molecule has 2 aromatic rings. The number of fused-ring (bicyclic) bond motifs is 3. The van der Waals surface area contributed by atoms with E-state index in [9.17, 15) is 10.1 Å². The number of allylic oxidation sites excluding steroid dienone is 2. The number of methoxy groups -OCH3 is 2. The molecule has 0 radical (unpaired) electrons. The summed E-state index contributed by atoms with van der Waals surface area (Å²) in [6.07, 6.45) is 5.05. The molecule has 0 spiro atoms. The third-order valence-electron chi connectivity index (χ3n) is 5.35. The van der Waals surface area contributed by atoms with E-state index in [-0.39, 0.29) is 28.5 Å². The molecule has 1 heterocycles. The van der Waals surface area contributed by atoms with Crippen LogP contribution in [0.2, 0.25) is 0 Å². The van der Waals surface area contributed by atoms with Crippen LogP contribution in [-0.4, -0.2) is 19.1 Å². The molecule has 6 nitrogen and oxygen atoms in total. The van der Waals surface area contributed by atoms with E-state index in [2.05, 4.69) is 17.5 Å². The molecule has 2 aromatic carbocycles. The maximum absolute atomic E-state index is 11.6. The number of para-hydroxylation sites is 1. The zero-order chi connectivity index (χ0) is 18.3. The van der Waals surface area contributed by atoms with Gasteiger partial charge in [0.25, 0.3) is 5.69 Å². The summed E-state index contributed by atoms with van der Waals surface area (Å²) < 4.78 is 11.0. The summed E-state index contributed by atoms with van der Waals surface area (Å²) in [6, 6.07) is 11.1. The molecule has 0 aromatic heterocycles. The third-order valence-corrected chi connectivity index (χ3v) is 5.35. The molecule has 4 rings (SSSR count). The van der Waals surface area contributed by atoms with Crippen molar-refractivity contribution in [2.45, 2.75) is 18.4 Å². The molecule has 0 unspecified atom stereocenters. The van der Waals surface area contributed by atoms with Crippen LogP contribution < -0.4 is 14.8 Å². The number of anilines is 1. The average Bonchev–Trinajstić information content (AvgIpc) is 3.16. The van der Waals surface area contributed by atoms with Gasteiger partial charge in [0, 0.05) is 17.5 Å². The number of nitro benzene ring substituents is 1. The van der Waals surface area contributed by atoms with Gasteiger partial charge in [-0.3, -0.25) is 10.1 Å². The fraction of sp³-hybridized carbons (Fsp3) is 0.300. The fourth-order valence-corrected chi connectivity index (χ4v) is 4.22. The molecule has 26 heavy (non-hydrogen) atoms. The van der Waals surface area contributed by atoms with Crippen LogP contribution in [0.4, 0.5) is 11.4 Å². The molecule has 0 saturated carbocycles. The van der Waals surface area contributed by atoms with Crippen molar-refractivity contribution in [3.8, 4) is 11.5 Å². The van der Waals surface area contributed by atoms with E-state index in [0.29, 0.717) is 17.0 Å². The first-order valence-corrected chi connectivity index (χ1v) is 8.57. The van der Waals surface area contributed by atoms with E-state index in [1.807, 2.05) is 24.3 Å². The monoisotopic (exact) mass is 352 g/mol. The minimum Gasteiger partial charge on any atom is -0.496 e. The molecule has 0 saturated heterocycles. The first-order chi connectivity index (χ1) is 12.7. The van der Waals surface area contributed by atoms with E-state index in [1.54, 1.807) is 20.3 Å². The average molecular weight is 352 g/mol. The second-order valence-electron chi connectivity index (χ2n) is 6.55. The van der Waals surface area contributed by atoms with E-state index in [4.69, 9.17) is 9.47 Å². The van der Waals surface area contributed by atoms with E-state index >= 15 is 0 Å². The van der Waals surface area contributed by atoms with Crippen molar-refractivity contribution >= 4 is 11.4 Å². The first-order valence-electron chi connectivity index (χ1n) is 8.57. The molecule has 1 N–H and O–H groups in total. The normalized spacial score (nSPS) is 22.9. The Labute approximate surface area is 151 Å². The highest BCUT2D eigenvalue weighted by Gasteiger charge is 2.43. The number of ether oxygens (including phenoxy) is 2. The Bertz CT molecular complexity index is 893. The molecule has 2 aliphatic rings. The molecule has 3 atom stereocenters. The van der Waals surface area contributed by atoms with Crippen LogP contribution in [0.15, 0.2) is 48.6 Å². The fourth-order valence-electron chi connectivity index (χ4n) is 4.22. The largest absolute Gasteiger partial charge is 0.496 e. The highest BCUT2D eigenvalue weighted by molar-refractivity contribution is 5.74. The molecule has 0 bridgehead atoms. The molecule has 134 valence electrons. The van der Waals surface area contributed by atoms with Crippen LogP contribution in [0.5, 0.6) is 11.5 Å². The predicted octanol–water partition coefficient (Wildman–Crippen LogP) is 4.44. The van der Waals surface area contributed by atoms with Gasteiger partial charge < -0.3 is 14.8 Å². The van der Waals surface area contributed by atoms with E-state index < -0.39 is 0 Å². The van der Waals surface area contributed by atoms with Crippen molar-refractivity contribution < 1.29 is 14.4 Å². The molecular weight excluding hydrogens is 332 g/mol. The Morgan fingerprint density at radius 2 is 1.88 bits per heavy atom. The SMILES string of the molecule is COc1ccccc1[C@@H]1Nc2c(OC)ccc([N+](=O)[O-])c2[C@H]2C=CC[C@@H]21. The van der Waals surface area contributed by atoms with Crippen LogP contribution >= 0.6 is 0 Å². The standard InChI is InChI=1S/C20H20N2O4/c1-25-16-9-4-3-6-14(16)19-13-8-5-7-12(13)18-15(22(23)24)10-11-17(26-2)20(18)21-19/h3-7,9-13,19,21H,8H2,1-2H3/t12-,13-,19+/m0/s1. The minimum atomic E-state index is -0.313. The highest BCUT2D eigenvalue weighted by Crippen LogP contribution is 2.55. The van der Waals surface area contributed by atoms with Crippen molar-refractivity contribution in [2.24, 2.45) is 5.92 Å². The van der Waals surface area contributed by atoms with Crippen LogP contribution in [0.1, 0.15) is 29.5 Å². The molecule has 0 fully saturated rings. The zero-order valence-electron chi connectivity index (χ0n) is 14.6. The summed E-state index contributed by atoms with van der Waals surface area (Å²) in [7, 11) is 3.24. The zero-order valence-corrected chi connectivity index (χ0v) is 14.6. The lowest BCUT2D eigenvalue weighted by atomic mass is 9.76. The van der Waals surface area contributed by atoms with Crippen molar-refractivity contribution in [1.29, 1.82) is 0 Å². The molecule has 1 aliphatic carbocycles. The lowest BCUT2D eigenvalue weighted by molar-refractivity contribution is -0.385. The molecule has 0 amide bonds. The van der Waals surface area contributed by atoms with Gasteiger partial charge in [0.05, 0.1) is 36.4 Å². The van der Waals surface area contributed by atoms with Gasteiger partial charge in [0.15, 0.2) is 0 Å². The maximum atomic E-state index is 11.6. The van der Waals surface area contributed by atoms with Crippen molar-refractivity contribution in [2.75, 3.05) is 19.5 Å².